The molecule has 1 atom stereocenters. The van der Waals surface area contributed by atoms with Gasteiger partial charge in [0.25, 0.3) is 0 Å². The maximum Gasteiger partial charge on any atom is 0.406 e. The number of amides is 1. The molecule has 1 unspecified atom stereocenters. The van der Waals surface area contributed by atoms with Crippen molar-refractivity contribution in [3.63, 3.8) is 0 Å². The number of methoxy groups -OCH3 is 1. The van der Waals surface area contributed by atoms with Crippen molar-refractivity contribution < 1.29 is 31.5 Å². The van der Waals surface area contributed by atoms with Gasteiger partial charge in [-0.15, -0.1) is 0 Å². The van der Waals surface area contributed by atoms with E-state index in [0.29, 0.717) is 29.4 Å². The first-order valence-corrected chi connectivity index (χ1v) is 13.8. The molecule has 0 aliphatic rings. The molecule has 0 bridgehead atoms. The number of alkyl halides is 3. The van der Waals surface area contributed by atoms with E-state index in [2.05, 4.69) is 32.5 Å². The minimum atomic E-state index is -4.76. The molecule has 0 radical (unpaired) electrons. The van der Waals surface area contributed by atoms with E-state index in [4.69, 9.17) is 4.74 Å². The van der Waals surface area contributed by atoms with Crippen LogP contribution in [0.4, 0.5) is 53.4 Å². The summed E-state index contributed by atoms with van der Waals surface area (Å²) in [7, 11) is 7.26. The molecule has 0 spiro atoms. The number of likely N-dealkylation sites (N-methyl/N-ethyl adjacent to an activating group) is 2. The van der Waals surface area contributed by atoms with Crippen LogP contribution in [0.15, 0.2) is 61.3 Å². The molecule has 0 saturated heterocycles. The van der Waals surface area contributed by atoms with Crippen molar-refractivity contribution in [2.24, 2.45) is 0 Å². The van der Waals surface area contributed by atoms with Crippen LogP contribution in [0, 0.1) is 0 Å². The van der Waals surface area contributed by atoms with Gasteiger partial charge >= 0.3 is 6.18 Å². The van der Waals surface area contributed by atoms with Crippen molar-refractivity contribution in [3.05, 3.63) is 61.3 Å². The third-order valence-corrected chi connectivity index (χ3v) is 6.58. The fourth-order valence-electron chi connectivity index (χ4n) is 3.83. The van der Waals surface area contributed by atoms with Crippen LogP contribution in [0.25, 0.3) is 0 Å². The third kappa shape index (κ3) is 9.56. The molecule has 16 heteroatoms. The summed E-state index contributed by atoms with van der Waals surface area (Å²) in [6.45, 7) is 3.21. The Morgan fingerprint density at radius 1 is 1.07 bits per heavy atom. The maximum absolute atomic E-state index is 13.1. The molecule has 2 aromatic carbocycles. The van der Waals surface area contributed by atoms with Crippen molar-refractivity contribution in [1.82, 2.24) is 14.9 Å². The second kappa shape index (κ2) is 14.7. The number of ether oxygens (including phenoxy) is 1. The number of benzene rings is 2. The van der Waals surface area contributed by atoms with Crippen LogP contribution in [0.5, 0.6) is 5.75 Å². The van der Waals surface area contributed by atoms with Crippen LogP contribution < -0.4 is 29.9 Å². The highest BCUT2D eigenvalue weighted by molar-refractivity contribution is 7.80. The first-order valence-electron chi connectivity index (χ1n) is 12.7. The standard InChI is InChI=1S/C27H33F3N8O4S/c1-6-25(39)33-19-15-20(23(42-5)16-22(19)37(4)14-13-36(2)3)34-26-31-12-11-24(35-26)32-18-9-7-8-10-21(18)38(43(40)41)17-27(28,29)30/h6-12,15-16H,1,13-14,17H2,2-5H3,(H,33,39)(H,40,41)(H2,31,32,34,35)/p-1. The summed E-state index contributed by atoms with van der Waals surface area (Å²) in [5.74, 6) is 0.234. The van der Waals surface area contributed by atoms with Gasteiger partial charge in [0, 0.05) is 43.7 Å². The number of carbonyl (C=O) groups is 1. The summed E-state index contributed by atoms with van der Waals surface area (Å²) in [5, 5.41) is 8.69. The minimum absolute atomic E-state index is 0.0673. The quantitative estimate of drug-likeness (QED) is 0.177. The smallest absolute Gasteiger partial charge is 0.406 e. The largest absolute Gasteiger partial charge is 0.755 e. The molecule has 232 valence electrons. The molecule has 43 heavy (non-hydrogen) atoms. The van der Waals surface area contributed by atoms with Crippen molar-refractivity contribution in [2.45, 2.75) is 6.18 Å². The van der Waals surface area contributed by atoms with Gasteiger partial charge in [0.2, 0.25) is 11.9 Å². The Hall–Kier alpha value is -4.41. The van der Waals surface area contributed by atoms with Crippen LogP contribution in [-0.4, -0.2) is 83.6 Å². The summed E-state index contributed by atoms with van der Waals surface area (Å²) in [5.41, 5.74) is 1.40. The molecule has 3 N–H and O–H groups in total. The summed E-state index contributed by atoms with van der Waals surface area (Å²) in [6, 6.07) is 10.5. The molecule has 3 aromatic rings. The maximum atomic E-state index is 13.1. The van der Waals surface area contributed by atoms with Gasteiger partial charge in [-0.05, 0) is 44.4 Å². The molecule has 1 aromatic heterocycles. The SMILES string of the molecule is C=CC(=O)Nc1cc(Nc2nccc(Nc3ccccc3N(CC(F)(F)F)S(=O)[O-])n2)c(OC)cc1N(C)CCN(C)C. The van der Waals surface area contributed by atoms with Gasteiger partial charge in [0.05, 0.1) is 35.5 Å². The van der Waals surface area contributed by atoms with Crippen LogP contribution in [-0.2, 0) is 16.1 Å². The molecule has 3 rings (SSSR count). The number of hydrogen-bond donors (Lipinski definition) is 3. The normalized spacial score (nSPS) is 11.9. The highest BCUT2D eigenvalue weighted by atomic mass is 32.2. The zero-order valence-corrected chi connectivity index (χ0v) is 24.8. The lowest BCUT2D eigenvalue weighted by molar-refractivity contribution is -0.117. The molecule has 0 fully saturated rings. The Bertz CT molecular complexity index is 1460. The van der Waals surface area contributed by atoms with Gasteiger partial charge in [0.15, 0.2) is 0 Å². The first kappa shape index (κ1) is 33.1. The first-order chi connectivity index (χ1) is 20.3. The van der Waals surface area contributed by atoms with Crippen molar-refractivity contribution in [3.8, 4) is 5.75 Å². The van der Waals surface area contributed by atoms with E-state index in [0.717, 1.165) is 12.6 Å². The van der Waals surface area contributed by atoms with Crippen molar-refractivity contribution >= 4 is 57.4 Å². The number of rotatable bonds is 14. The summed E-state index contributed by atoms with van der Waals surface area (Å²) >= 11 is -3.20. The van der Waals surface area contributed by atoms with Gasteiger partial charge in [0.1, 0.15) is 18.1 Å². The average Bonchev–Trinajstić information content (AvgIpc) is 2.94. The van der Waals surface area contributed by atoms with E-state index in [-0.39, 0.29) is 27.4 Å². The van der Waals surface area contributed by atoms with Gasteiger partial charge < -0.3 is 35.0 Å². The Kier molecular flexibility index (Phi) is 11.3. The van der Waals surface area contributed by atoms with E-state index in [1.165, 1.54) is 43.6 Å². The lowest BCUT2D eigenvalue weighted by atomic mass is 10.2. The summed E-state index contributed by atoms with van der Waals surface area (Å²) in [4.78, 5) is 24.8. The lowest BCUT2D eigenvalue weighted by Gasteiger charge is -2.29. The Morgan fingerprint density at radius 2 is 1.79 bits per heavy atom. The number of halogens is 3. The molecule has 1 amide bonds. The van der Waals surface area contributed by atoms with Gasteiger partial charge in [-0.3, -0.25) is 13.3 Å². The molecular formula is C27H32F3N8O4S-. The monoisotopic (exact) mass is 621 g/mol. The van der Waals surface area contributed by atoms with E-state index < -0.39 is 29.9 Å². The molecule has 0 saturated carbocycles. The second-order valence-electron chi connectivity index (χ2n) is 9.39. The third-order valence-electron chi connectivity index (χ3n) is 5.90. The van der Waals surface area contributed by atoms with Crippen LogP contribution >= 0.6 is 0 Å². The molecule has 12 nitrogen and oxygen atoms in total. The fourth-order valence-corrected chi connectivity index (χ4v) is 4.40. The number of carbonyl (C=O) groups excluding carboxylic acids is 1. The number of anilines is 7. The fraction of sp³-hybridized carbons (Fsp3) is 0.296. The molecule has 1 heterocycles. The second-order valence-corrected chi connectivity index (χ2v) is 10.3. The number of nitrogens with one attached hydrogen (secondary N) is 3. The number of hydrogen-bond acceptors (Lipinski definition) is 10. The van der Waals surface area contributed by atoms with Crippen LogP contribution in [0.3, 0.4) is 0 Å². The molecule has 0 aliphatic carbocycles. The Morgan fingerprint density at radius 3 is 2.42 bits per heavy atom. The number of para-hydroxylation sites is 2. The molecule has 0 aliphatic heterocycles. The Balaban J connectivity index is 1.94. The van der Waals surface area contributed by atoms with Gasteiger partial charge in [-0.2, -0.15) is 18.2 Å². The van der Waals surface area contributed by atoms with Gasteiger partial charge in [-0.1, -0.05) is 18.7 Å². The summed E-state index contributed by atoms with van der Waals surface area (Å²) < 4.78 is 68.4. The summed E-state index contributed by atoms with van der Waals surface area (Å²) in [6.07, 6.45) is -2.22. The van der Waals surface area contributed by atoms with Crippen molar-refractivity contribution in [1.29, 1.82) is 0 Å². The highest BCUT2D eigenvalue weighted by Gasteiger charge is 2.32. The Labute approximate surface area is 250 Å². The van der Waals surface area contributed by atoms with E-state index >= 15 is 0 Å². The van der Waals surface area contributed by atoms with E-state index in [9.17, 15) is 26.7 Å². The predicted molar refractivity (Wildman–Crippen MR) is 161 cm³/mol. The van der Waals surface area contributed by atoms with Gasteiger partial charge in [-0.25, -0.2) is 4.98 Å². The van der Waals surface area contributed by atoms with Crippen molar-refractivity contribution in [2.75, 3.05) is 73.0 Å². The zero-order valence-electron chi connectivity index (χ0n) is 23.9. The topological polar surface area (TPSA) is 138 Å². The van der Waals surface area contributed by atoms with Crippen LogP contribution in [0.2, 0.25) is 0 Å². The number of aromatic nitrogens is 2. The molecular weight excluding hydrogens is 589 g/mol. The average molecular weight is 622 g/mol. The minimum Gasteiger partial charge on any atom is -0.755 e. The zero-order chi connectivity index (χ0) is 31.7. The number of nitrogens with zero attached hydrogens (tertiary/aromatic N) is 5. The predicted octanol–water partition coefficient (Wildman–Crippen LogP) is 4.26. The van der Waals surface area contributed by atoms with E-state index in [1.807, 2.05) is 30.9 Å². The highest BCUT2D eigenvalue weighted by Crippen LogP contribution is 2.38. The van der Waals surface area contributed by atoms with E-state index in [1.54, 1.807) is 12.1 Å². The lowest BCUT2D eigenvalue weighted by Crippen LogP contribution is -2.35. The van der Waals surface area contributed by atoms with Crippen LogP contribution in [0.1, 0.15) is 0 Å².